The van der Waals surface area contributed by atoms with Crippen molar-refractivity contribution in [1.82, 2.24) is 0 Å². The topological polar surface area (TPSA) is 95.2 Å². The summed E-state index contributed by atoms with van der Waals surface area (Å²) in [6.07, 6.45) is 9.61. The summed E-state index contributed by atoms with van der Waals surface area (Å²) in [5.74, 6) is -0.475. The summed E-state index contributed by atoms with van der Waals surface area (Å²) in [7, 11) is 0. The number of fused-ring (bicyclic) bond motifs is 1. The molecule has 0 spiro atoms. The van der Waals surface area contributed by atoms with Crippen molar-refractivity contribution in [2.45, 2.75) is 6.42 Å². The van der Waals surface area contributed by atoms with E-state index in [1.807, 2.05) is 36.4 Å². The van der Waals surface area contributed by atoms with Gasteiger partial charge in [-0.15, -0.1) is 0 Å². The van der Waals surface area contributed by atoms with Crippen LogP contribution >= 0.6 is 0 Å². The van der Waals surface area contributed by atoms with Crippen molar-refractivity contribution in [2.24, 2.45) is 16.7 Å². The third-order valence-electron chi connectivity index (χ3n) is 3.53. The third-order valence-corrected chi connectivity index (χ3v) is 3.53. The van der Waals surface area contributed by atoms with Crippen LogP contribution in [0.5, 0.6) is 0 Å². The van der Waals surface area contributed by atoms with Crippen LogP contribution in [0.3, 0.4) is 0 Å². The van der Waals surface area contributed by atoms with Gasteiger partial charge in [-0.3, -0.25) is 0 Å². The first kappa shape index (κ1) is 11.7. The van der Waals surface area contributed by atoms with Crippen molar-refractivity contribution in [2.75, 3.05) is 0 Å². The number of allylic oxidation sites excluding steroid dienone is 6. The minimum atomic E-state index is -1.66. The van der Waals surface area contributed by atoms with Crippen molar-refractivity contribution in [3.8, 4) is 24.3 Å². The van der Waals surface area contributed by atoms with E-state index in [-0.39, 0.29) is 0 Å². The molecule has 0 aromatic heterocycles. The van der Waals surface area contributed by atoms with Gasteiger partial charge in [-0.2, -0.15) is 21.0 Å². The molecule has 4 nitrogen and oxygen atoms in total. The number of rotatable bonds is 0. The second-order valence-corrected chi connectivity index (χ2v) is 4.20. The third kappa shape index (κ3) is 1.05. The average Bonchev–Trinajstić information content (AvgIpc) is 2.37. The molecule has 1 saturated carbocycles. The standard InChI is InChI=1S/C14H8N4/c15-7-13(8-16)11-5-3-1-2-4-6-12(11)14(13,9-17)10-18/h1,3-6,12H,2H2. The predicted octanol–water partition coefficient (Wildman–Crippen LogP) is 2.13. The first-order valence-electron chi connectivity index (χ1n) is 5.41. The van der Waals surface area contributed by atoms with E-state index in [0.717, 1.165) is 0 Å². The molecule has 2 aliphatic carbocycles. The van der Waals surface area contributed by atoms with E-state index in [0.29, 0.717) is 12.0 Å². The van der Waals surface area contributed by atoms with Gasteiger partial charge in [0.2, 0.25) is 0 Å². The Morgan fingerprint density at radius 1 is 1.00 bits per heavy atom. The van der Waals surface area contributed by atoms with Gasteiger partial charge in [0.15, 0.2) is 10.8 Å². The van der Waals surface area contributed by atoms with E-state index in [1.165, 1.54) is 0 Å². The van der Waals surface area contributed by atoms with Crippen LogP contribution in [-0.4, -0.2) is 0 Å². The van der Waals surface area contributed by atoms with E-state index < -0.39 is 16.7 Å². The van der Waals surface area contributed by atoms with Crippen molar-refractivity contribution in [3.63, 3.8) is 0 Å². The molecule has 0 radical (unpaired) electrons. The van der Waals surface area contributed by atoms with Crippen molar-refractivity contribution in [1.29, 1.82) is 21.0 Å². The molecule has 18 heavy (non-hydrogen) atoms. The van der Waals surface area contributed by atoms with Crippen LogP contribution in [0.2, 0.25) is 0 Å². The SMILES string of the molecule is N#CC1(C#N)C2=CC=CCC=CC2C1(C#N)C#N. The van der Waals surface area contributed by atoms with Gasteiger partial charge in [0, 0.05) is 5.92 Å². The lowest BCUT2D eigenvalue weighted by atomic mass is 9.42. The number of nitriles is 4. The molecule has 0 N–H and O–H groups in total. The number of hydrogen-bond donors (Lipinski definition) is 0. The van der Waals surface area contributed by atoms with Gasteiger partial charge in [-0.25, -0.2) is 0 Å². The Kier molecular flexibility index (Phi) is 2.52. The largest absolute Gasteiger partial charge is 0.198 e. The van der Waals surface area contributed by atoms with E-state index in [4.69, 9.17) is 0 Å². The first-order valence-corrected chi connectivity index (χ1v) is 5.41. The zero-order chi connectivity index (χ0) is 13.2. The lowest BCUT2D eigenvalue weighted by Crippen LogP contribution is -2.57. The summed E-state index contributed by atoms with van der Waals surface area (Å²) in [6.45, 7) is 0. The molecule has 0 bridgehead atoms. The molecule has 0 heterocycles. The fourth-order valence-corrected chi connectivity index (χ4v) is 2.53. The molecular weight excluding hydrogens is 224 g/mol. The average molecular weight is 232 g/mol. The molecule has 0 amide bonds. The zero-order valence-electron chi connectivity index (χ0n) is 9.46. The molecular formula is C14H8N4. The van der Waals surface area contributed by atoms with Crippen LogP contribution in [0.25, 0.3) is 0 Å². The fourth-order valence-electron chi connectivity index (χ4n) is 2.53. The second-order valence-electron chi connectivity index (χ2n) is 4.20. The van der Waals surface area contributed by atoms with Crippen molar-refractivity contribution < 1.29 is 0 Å². The molecule has 0 aliphatic heterocycles. The molecule has 1 fully saturated rings. The maximum atomic E-state index is 9.28. The van der Waals surface area contributed by atoms with Gasteiger partial charge in [-0.05, 0) is 12.0 Å². The Labute approximate surface area is 105 Å². The number of nitrogens with zero attached hydrogens (tertiary/aromatic N) is 4. The maximum Gasteiger partial charge on any atom is 0.198 e. The summed E-state index contributed by atoms with van der Waals surface area (Å²) in [5, 5.41) is 37.1. The number of hydrogen-bond acceptors (Lipinski definition) is 4. The molecule has 84 valence electrons. The molecule has 0 saturated heterocycles. The van der Waals surface area contributed by atoms with Crippen molar-refractivity contribution in [3.05, 3.63) is 36.0 Å². The van der Waals surface area contributed by atoms with Crippen LogP contribution in [0, 0.1) is 62.1 Å². The predicted molar refractivity (Wildman–Crippen MR) is 61.8 cm³/mol. The summed E-state index contributed by atoms with van der Waals surface area (Å²) < 4.78 is 0. The second kappa shape index (κ2) is 3.89. The van der Waals surface area contributed by atoms with Crippen LogP contribution in [-0.2, 0) is 0 Å². The quantitative estimate of drug-likeness (QED) is 0.597. The molecule has 1 atom stereocenters. The van der Waals surface area contributed by atoms with Crippen LogP contribution < -0.4 is 0 Å². The smallest absolute Gasteiger partial charge is 0.196 e. The maximum absolute atomic E-state index is 9.28. The van der Waals surface area contributed by atoms with E-state index in [1.54, 1.807) is 18.2 Å². The van der Waals surface area contributed by atoms with Crippen molar-refractivity contribution >= 4 is 0 Å². The minimum absolute atomic E-state index is 0.475. The fraction of sp³-hybridized carbons (Fsp3) is 0.286. The molecule has 4 heteroatoms. The lowest BCUT2D eigenvalue weighted by Gasteiger charge is -2.50. The van der Waals surface area contributed by atoms with E-state index in [9.17, 15) is 21.0 Å². The van der Waals surface area contributed by atoms with Gasteiger partial charge in [0.1, 0.15) is 0 Å². The Balaban J connectivity index is 2.72. The Morgan fingerprint density at radius 3 is 2.22 bits per heavy atom. The zero-order valence-corrected chi connectivity index (χ0v) is 9.46. The summed E-state index contributed by atoms with van der Waals surface area (Å²) >= 11 is 0. The van der Waals surface area contributed by atoms with E-state index in [2.05, 4.69) is 0 Å². The van der Waals surface area contributed by atoms with Gasteiger partial charge < -0.3 is 0 Å². The molecule has 0 aromatic carbocycles. The lowest BCUT2D eigenvalue weighted by molar-refractivity contribution is 0.171. The summed E-state index contributed by atoms with van der Waals surface area (Å²) in [5.41, 5.74) is -2.74. The normalized spacial score (nSPS) is 25.6. The molecule has 2 rings (SSSR count). The van der Waals surface area contributed by atoms with Gasteiger partial charge >= 0.3 is 0 Å². The highest BCUT2D eigenvalue weighted by Gasteiger charge is 2.71. The highest BCUT2D eigenvalue weighted by Crippen LogP contribution is 2.64. The van der Waals surface area contributed by atoms with Gasteiger partial charge in [0.05, 0.1) is 24.3 Å². The highest BCUT2D eigenvalue weighted by atomic mass is 14.7. The minimum Gasteiger partial charge on any atom is -0.196 e. The molecule has 1 unspecified atom stereocenters. The van der Waals surface area contributed by atoms with Gasteiger partial charge in [-0.1, -0.05) is 30.4 Å². The highest BCUT2D eigenvalue weighted by molar-refractivity contribution is 5.60. The Bertz CT molecular complexity index is 609. The first-order chi connectivity index (χ1) is 8.72. The molecule has 0 aromatic rings. The summed E-state index contributed by atoms with van der Waals surface area (Å²) in [6, 6.07) is 7.49. The van der Waals surface area contributed by atoms with Crippen LogP contribution in [0.1, 0.15) is 6.42 Å². The monoisotopic (exact) mass is 232 g/mol. The molecule has 2 aliphatic rings. The Morgan fingerprint density at radius 2 is 1.67 bits per heavy atom. The van der Waals surface area contributed by atoms with Crippen LogP contribution in [0.15, 0.2) is 36.0 Å². The summed E-state index contributed by atoms with van der Waals surface area (Å²) in [4.78, 5) is 0. The van der Waals surface area contributed by atoms with E-state index >= 15 is 0 Å². The Hall–Kier alpha value is -2.82. The van der Waals surface area contributed by atoms with Crippen LogP contribution in [0.4, 0.5) is 0 Å². The van der Waals surface area contributed by atoms with Gasteiger partial charge in [0.25, 0.3) is 0 Å².